The van der Waals surface area contributed by atoms with Crippen LogP contribution in [0.1, 0.15) is 67.2 Å². The quantitative estimate of drug-likeness (QED) is 0.391. The van der Waals surface area contributed by atoms with E-state index in [1.165, 1.54) is 0 Å². The number of rotatable bonds is 7. The van der Waals surface area contributed by atoms with Crippen molar-refractivity contribution in [3.63, 3.8) is 0 Å². The molecule has 0 aliphatic rings. The van der Waals surface area contributed by atoms with E-state index in [0.29, 0.717) is 19.3 Å². The van der Waals surface area contributed by atoms with Crippen LogP contribution in [0.15, 0.2) is 0 Å². The Bertz CT molecular complexity index is 351. The highest BCUT2D eigenvalue weighted by atomic mass is 19.4. The van der Waals surface area contributed by atoms with Gasteiger partial charge in [-0.1, -0.05) is 34.1 Å². The lowest BCUT2D eigenvalue weighted by Gasteiger charge is -2.29. The van der Waals surface area contributed by atoms with Crippen LogP contribution in [-0.4, -0.2) is 24.4 Å². The summed E-state index contributed by atoms with van der Waals surface area (Å²) in [6, 6.07) is 0. The van der Waals surface area contributed by atoms with Crippen molar-refractivity contribution in [3.05, 3.63) is 0 Å². The summed E-state index contributed by atoms with van der Waals surface area (Å²) < 4.78 is 79.7. The van der Waals surface area contributed by atoms with Gasteiger partial charge in [0.2, 0.25) is 0 Å². The zero-order valence-corrected chi connectivity index (χ0v) is 15.1. The molecule has 0 amide bonds. The Balaban J connectivity index is 0. The molecule has 0 aromatic carbocycles. The summed E-state index contributed by atoms with van der Waals surface area (Å²) in [5, 5.41) is 0. The number of carbonyl (C=O) groups excluding carboxylic acids is 1. The van der Waals surface area contributed by atoms with E-state index in [9.17, 15) is 31.1 Å². The van der Waals surface area contributed by atoms with Gasteiger partial charge < -0.3 is 4.74 Å². The fraction of sp³-hybridized carbons (Fsp3) is 0.938. The van der Waals surface area contributed by atoms with E-state index in [0.717, 1.165) is 6.92 Å². The molecule has 24 heavy (non-hydrogen) atoms. The van der Waals surface area contributed by atoms with E-state index >= 15 is 0 Å². The number of alkyl halides is 6. The molecule has 0 saturated carbocycles. The maximum absolute atomic E-state index is 12.5. The van der Waals surface area contributed by atoms with Crippen LogP contribution in [0.25, 0.3) is 0 Å². The van der Waals surface area contributed by atoms with E-state index in [2.05, 4.69) is 0 Å². The van der Waals surface area contributed by atoms with E-state index in [1.54, 1.807) is 13.8 Å². The van der Waals surface area contributed by atoms with Gasteiger partial charge in [0.05, 0.1) is 11.5 Å². The van der Waals surface area contributed by atoms with E-state index in [-0.39, 0.29) is 0 Å². The molecule has 0 aliphatic carbocycles. The van der Waals surface area contributed by atoms with Crippen molar-refractivity contribution in [1.82, 2.24) is 0 Å². The Morgan fingerprint density at radius 3 is 1.71 bits per heavy atom. The van der Waals surface area contributed by atoms with Crippen LogP contribution in [0.4, 0.5) is 26.3 Å². The second kappa shape index (κ2) is 10.1. The third-order valence-corrected chi connectivity index (χ3v) is 3.74. The van der Waals surface area contributed by atoms with Crippen molar-refractivity contribution in [2.24, 2.45) is 11.3 Å². The molecule has 0 rings (SSSR count). The minimum Gasteiger partial charge on any atom is -0.462 e. The topological polar surface area (TPSA) is 26.3 Å². The van der Waals surface area contributed by atoms with Crippen molar-refractivity contribution < 1.29 is 35.9 Å². The third-order valence-electron chi connectivity index (χ3n) is 3.74. The van der Waals surface area contributed by atoms with Crippen molar-refractivity contribution in [1.29, 1.82) is 0 Å². The van der Waals surface area contributed by atoms with E-state index in [4.69, 9.17) is 4.74 Å². The summed E-state index contributed by atoms with van der Waals surface area (Å²) >= 11 is 0. The molecule has 146 valence electrons. The number of ether oxygens (including phenoxy) is 1. The van der Waals surface area contributed by atoms with Crippen molar-refractivity contribution in [3.8, 4) is 0 Å². The third kappa shape index (κ3) is 8.24. The first kappa shape index (κ1) is 25.3. The zero-order valence-electron chi connectivity index (χ0n) is 15.1. The Morgan fingerprint density at radius 1 is 1.00 bits per heavy atom. The summed E-state index contributed by atoms with van der Waals surface area (Å²) in [4.78, 5) is 12.0. The number of hydrogen-bond donors (Lipinski definition) is 0. The second-order valence-corrected chi connectivity index (χ2v) is 5.75. The molecule has 0 aliphatic heterocycles. The highest BCUT2D eigenvalue weighted by Crippen LogP contribution is 2.42. The average molecular weight is 366 g/mol. The molecule has 0 heterocycles. The van der Waals surface area contributed by atoms with Crippen molar-refractivity contribution >= 4 is 5.97 Å². The Morgan fingerprint density at radius 2 is 1.42 bits per heavy atom. The summed E-state index contributed by atoms with van der Waals surface area (Å²) in [6.45, 7) is 10.2. The summed E-state index contributed by atoms with van der Waals surface area (Å²) in [5.74, 6) is -4.26. The van der Waals surface area contributed by atoms with Gasteiger partial charge in [-0.2, -0.15) is 26.3 Å². The summed E-state index contributed by atoms with van der Waals surface area (Å²) in [5.41, 5.74) is -0.894. The van der Waals surface area contributed by atoms with Crippen LogP contribution in [0, 0.1) is 11.3 Å². The SMILES string of the molecule is CC.CCCC(C)(CC)C(=O)OC(C)CC(C(F)(F)F)C(F)(F)F. The van der Waals surface area contributed by atoms with E-state index in [1.807, 2.05) is 20.8 Å². The maximum Gasteiger partial charge on any atom is 0.400 e. The number of carbonyl (C=O) groups is 1. The molecule has 8 heteroatoms. The van der Waals surface area contributed by atoms with Crippen LogP contribution in [0.3, 0.4) is 0 Å². The first-order chi connectivity index (χ1) is 10.8. The van der Waals surface area contributed by atoms with Gasteiger partial charge in [-0.05, 0) is 26.7 Å². The van der Waals surface area contributed by atoms with Crippen LogP contribution in [0.2, 0.25) is 0 Å². The molecule has 0 saturated heterocycles. The molecule has 0 aromatic rings. The van der Waals surface area contributed by atoms with Gasteiger partial charge in [0.15, 0.2) is 5.92 Å². The fourth-order valence-corrected chi connectivity index (χ4v) is 2.13. The van der Waals surface area contributed by atoms with Gasteiger partial charge in [0.1, 0.15) is 0 Å². The van der Waals surface area contributed by atoms with Gasteiger partial charge >= 0.3 is 18.3 Å². The fourth-order valence-electron chi connectivity index (χ4n) is 2.13. The van der Waals surface area contributed by atoms with Crippen LogP contribution in [-0.2, 0) is 9.53 Å². The number of halogens is 6. The standard InChI is InChI=1S/C14H22F6O2.C2H6/c1-5-7-12(4,6-2)11(21)22-9(3)8-10(13(15,16)17)14(18,19)20;1-2/h9-10H,5-8H2,1-4H3;1-2H3. The van der Waals surface area contributed by atoms with Crippen LogP contribution < -0.4 is 0 Å². The molecular formula is C16H28F6O2. The van der Waals surface area contributed by atoms with Crippen LogP contribution >= 0.6 is 0 Å². The lowest BCUT2D eigenvalue weighted by molar-refractivity contribution is -0.290. The monoisotopic (exact) mass is 366 g/mol. The minimum absolute atomic E-state index is 0.397. The maximum atomic E-state index is 12.5. The van der Waals surface area contributed by atoms with Gasteiger partial charge in [0, 0.05) is 6.42 Å². The molecule has 0 aromatic heterocycles. The first-order valence-corrected chi connectivity index (χ1v) is 8.12. The lowest BCUT2D eigenvalue weighted by atomic mass is 9.83. The van der Waals surface area contributed by atoms with Gasteiger partial charge in [-0.15, -0.1) is 0 Å². The smallest absolute Gasteiger partial charge is 0.400 e. The number of hydrogen-bond acceptors (Lipinski definition) is 2. The first-order valence-electron chi connectivity index (χ1n) is 8.12. The average Bonchev–Trinajstić information content (AvgIpc) is 2.44. The molecule has 2 unspecified atom stereocenters. The number of esters is 1. The molecule has 2 nitrogen and oxygen atoms in total. The normalized spacial score (nSPS) is 16.0. The predicted octanol–water partition coefficient (Wildman–Crippen LogP) is 6.29. The van der Waals surface area contributed by atoms with E-state index < -0.39 is 42.2 Å². The Labute approximate surface area is 139 Å². The Kier molecular flexibility index (Phi) is 10.7. The van der Waals surface area contributed by atoms with Gasteiger partial charge in [0.25, 0.3) is 0 Å². The highest BCUT2D eigenvalue weighted by molar-refractivity contribution is 5.76. The second-order valence-electron chi connectivity index (χ2n) is 5.75. The molecule has 0 bridgehead atoms. The lowest BCUT2D eigenvalue weighted by Crippen LogP contribution is -2.40. The van der Waals surface area contributed by atoms with Gasteiger partial charge in [-0.25, -0.2) is 0 Å². The summed E-state index contributed by atoms with van der Waals surface area (Å²) in [6.07, 6.45) is -12.1. The summed E-state index contributed by atoms with van der Waals surface area (Å²) in [7, 11) is 0. The van der Waals surface area contributed by atoms with Crippen LogP contribution in [0.5, 0.6) is 0 Å². The molecule has 2 atom stereocenters. The minimum atomic E-state index is -5.42. The molecule has 0 radical (unpaired) electrons. The molecule has 0 N–H and O–H groups in total. The molecule has 0 fully saturated rings. The van der Waals surface area contributed by atoms with Gasteiger partial charge in [-0.3, -0.25) is 4.79 Å². The zero-order chi connectivity index (χ0) is 19.8. The van der Waals surface area contributed by atoms with Crippen molar-refractivity contribution in [2.75, 3.05) is 0 Å². The predicted molar refractivity (Wildman–Crippen MR) is 80.4 cm³/mol. The molecular weight excluding hydrogens is 338 g/mol. The molecule has 0 spiro atoms. The Hall–Kier alpha value is -0.950. The van der Waals surface area contributed by atoms with Crippen molar-refractivity contribution in [2.45, 2.75) is 85.7 Å². The highest BCUT2D eigenvalue weighted by Gasteiger charge is 2.57. The largest absolute Gasteiger partial charge is 0.462 e.